The van der Waals surface area contributed by atoms with Crippen molar-refractivity contribution in [2.45, 2.75) is 211 Å². The Labute approximate surface area is 368 Å². The standard InChI is InChI=1S/C50H94N2O8/c1-8-9-10-11-12-13-14-18-21-24-27-30-33-36-44(53)38-39-46(50(57)58)47(43-52(5,6)7)59-40-35-32-29-26-23-20-17-15-16-19-22-25-28-31-34-37-49(56)60-45(41-48(54)55)42-51(2,3)4/h18,21,34,37,44-47,53H,8-17,19-20,22-33,35-36,38-43H2,1-7H3/p+2/t44?,45-,46?,47?/m0/s1. The molecule has 0 saturated carbocycles. The number of hydrogen-bond donors (Lipinski definition) is 3. The van der Waals surface area contributed by atoms with Crippen molar-refractivity contribution >= 4 is 17.9 Å². The first-order chi connectivity index (χ1) is 28.5. The van der Waals surface area contributed by atoms with Gasteiger partial charge in [-0.1, -0.05) is 141 Å². The normalized spacial score (nSPS) is 14.5. The summed E-state index contributed by atoms with van der Waals surface area (Å²) in [5, 5.41) is 30.0. The number of esters is 1. The molecular weight excluding hydrogens is 757 g/mol. The Hall–Kier alpha value is -2.27. The van der Waals surface area contributed by atoms with Gasteiger partial charge < -0.3 is 33.8 Å². The molecule has 3 N–H and O–H groups in total. The molecule has 4 atom stereocenters. The summed E-state index contributed by atoms with van der Waals surface area (Å²) in [6.07, 6.45) is 37.7. The van der Waals surface area contributed by atoms with Gasteiger partial charge in [0.25, 0.3) is 0 Å². The fourth-order valence-electron chi connectivity index (χ4n) is 7.79. The van der Waals surface area contributed by atoms with E-state index in [1.54, 1.807) is 0 Å². The lowest BCUT2D eigenvalue weighted by atomic mass is 9.93. The zero-order valence-electron chi connectivity index (χ0n) is 40.0. The molecule has 0 aromatic rings. The fourth-order valence-corrected chi connectivity index (χ4v) is 7.79. The first kappa shape index (κ1) is 57.7. The van der Waals surface area contributed by atoms with Crippen molar-refractivity contribution in [1.29, 1.82) is 0 Å². The quantitative estimate of drug-likeness (QED) is 0.0182. The van der Waals surface area contributed by atoms with Crippen LogP contribution in [0.2, 0.25) is 0 Å². The molecule has 0 radical (unpaired) electrons. The van der Waals surface area contributed by atoms with Crippen LogP contribution in [0, 0.1) is 5.92 Å². The predicted molar refractivity (Wildman–Crippen MR) is 248 cm³/mol. The first-order valence-electron chi connectivity index (χ1n) is 24.4. The van der Waals surface area contributed by atoms with Crippen LogP contribution in [-0.4, -0.2) is 122 Å². The Morgan fingerprint density at radius 1 is 0.550 bits per heavy atom. The SMILES string of the molecule is CCCCCCCCC=CCCCCCC(O)CCC(C(=O)O)C(C[N+](C)(C)C)OCCCCCCCCCCCCCCCC=CC(=O)O[C@@H](CC(=O)O)C[N+](C)(C)C. The van der Waals surface area contributed by atoms with Gasteiger partial charge in [-0.15, -0.1) is 0 Å². The van der Waals surface area contributed by atoms with Gasteiger partial charge in [0.15, 0.2) is 6.10 Å². The topological polar surface area (TPSA) is 130 Å². The lowest BCUT2D eigenvalue weighted by molar-refractivity contribution is -0.874. The van der Waals surface area contributed by atoms with E-state index in [9.17, 15) is 24.6 Å². The number of ether oxygens (including phenoxy) is 2. The molecule has 0 aliphatic heterocycles. The first-order valence-corrected chi connectivity index (χ1v) is 24.4. The van der Waals surface area contributed by atoms with Crippen LogP contribution in [0.25, 0.3) is 0 Å². The lowest BCUT2D eigenvalue weighted by Gasteiger charge is -2.32. The average molecular weight is 853 g/mol. The number of carboxylic acid groups (broad SMARTS) is 2. The maximum atomic E-state index is 12.4. The summed E-state index contributed by atoms with van der Waals surface area (Å²) in [4.78, 5) is 35.7. The highest BCUT2D eigenvalue weighted by molar-refractivity contribution is 5.82. The molecule has 0 saturated heterocycles. The highest BCUT2D eigenvalue weighted by atomic mass is 16.5. The molecule has 0 bridgehead atoms. The van der Waals surface area contributed by atoms with Crippen molar-refractivity contribution in [3.05, 3.63) is 24.3 Å². The second kappa shape index (κ2) is 37.3. The molecule has 0 fully saturated rings. The molecule has 10 heteroatoms. The van der Waals surface area contributed by atoms with E-state index in [-0.39, 0.29) is 12.5 Å². The number of carbonyl (C=O) groups excluding carboxylic acids is 1. The number of likely N-dealkylation sites (N-methyl/N-ethyl adjacent to an activating group) is 2. The van der Waals surface area contributed by atoms with Crippen molar-refractivity contribution in [1.82, 2.24) is 0 Å². The zero-order valence-corrected chi connectivity index (χ0v) is 40.0. The van der Waals surface area contributed by atoms with E-state index in [1.807, 2.05) is 27.2 Å². The summed E-state index contributed by atoms with van der Waals surface area (Å²) >= 11 is 0. The van der Waals surface area contributed by atoms with Gasteiger partial charge in [0.05, 0.1) is 60.7 Å². The number of carbonyl (C=O) groups is 3. The summed E-state index contributed by atoms with van der Waals surface area (Å²) in [6.45, 7) is 3.92. The van der Waals surface area contributed by atoms with Crippen LogP contribution in [0.5, 0.6) is 0 Å². The molecule has 0 aromatic carbocycles. The third-order valence-corrected chi connectivity index (χ3v) is 11.1. The lowest BCUT2D eigenvalue weighted by Crippen LogP contribution is -2.47. The Bertz CT molecular complexity index is 1110. The molecule has 3 unspecified atom stereocenters. The van der Waals surface area contributed by atoms with Gasteiger partial charge in [-0.3, -0.25) is 9.59 Å². The molecule has 0 aromatic heterocycles. The highest BCUT2D eigenvalue weighted by Crippen LogP contribution is 2.22. The molecular formula is C50H96N2O8+2. The van der Waals surface area contributed by atoms with Crippen molar-refractivity contribution < 1.29 is 48.1 Å². The van der Waals surface area contributed by atoms with E-state index in [1.165, 1.54) is 109 Å². The monoisotopic (exact) mass is 853 g/mol. The molecule has 0 aliphatic carbocycles. The third kappa shape index (κ3) is 39.8. The van der Waals surface area contributed by atoms with Gasteiger partial charge in [0.2, 0.25) is 0 Å². The number of nitrogens with zero attached hydrogens (tertiary/aromatic N) is 2. The second-order valence-electron chi connectivity index (χ2n) is 19.6. The van der Waals surface area contributed by atoms with Crippen LogP contribution in [0.1, 0.15) is 193 Å². The van der Waals surface area contributed by atoms with Crippen LogP contribution in [-0.2, 0) is 23.9 Å². The Morgan fingerprint density at radius 2 is 1.00 bits per heavy atom. The fraction of sp³-hybridized carbons (Fsp3) is 0.860. The number of unbranched alkanes of at least 4 members (excludes halogenated alkanes) is 22. The summed E-state index contributed by atoms with van der Waals surface area (Å²) in [7, 11) is 12.1. The van der Waals surface area contributed by atoms with E-state index in [0.717, 1.165) is 64.2 Å². The largest absolute Gasteiger partial charge is 0.481 e. The average Bonchev–Trinajstić information content (AvgIpc) is 3.14. The van der Waals surface area contributed by atoms with Crippen LogP contribution in [0.3, 0.4) is 0 Å². The summed E-state index contributed by atoms with van der Waals surface area (Å²) in [5.41, 5.74) is 0. The van der Waals surface area contributed by atoms with Gasteiger partial charge in [-0.2, -0.15) is 0 Å². The number of aliphatic carboxylic acids is 2. The highest BCUT2D eigenvalue weighted by Gasteiger charge is 2.33. The Morgan fingerprint density at radius 3 is 1.47 bits per heavy atom. The van der Waals surface area contributed by atoms with Crippen molar-refractivity contribution in [3.8, 4) is 0 Å². The number of quaternary nitrogens is 2. The zero-order chi connectivity index (χ0) is 44.9. The minimum atomic E-state index is -0.966. The minimum absolute atomic E-state index is 0.185. The maximum Gasteiger partial charge on any atom is 0.330 e. The molecule has 0 amide bonds. The van der Waals surface area contributed by atoms with E-state index < -0.39 is 36.0 Å². The number of aliphatic hydroxyl groups excluding tert-OH is 1. The summed E-state index contributed by atoms with van der Waals surface area (Å²) in [6, 6.07) is 0. The van der Waals surface area contributed by atoms with Crippen LogP contribution < -0.4 is 0 Å². The second-order valence-corrected chi connectivity index (χ2v) is 19.6. The Balaban J connectivity index is 4.09. The van der Waals surface area contributed by atoms with Gasteiger partial charge in [0, 0.05) is 12.7 Å². The number of aliphatic hydroxyl groups is 1. The summed E-state index contributed by atoms with van der Waals surface area (Å²) < 4.78 is 12.8. The molecule has 60 heavy (non-hydrogen) atoms. The summed E-state index contributed by atoms with van der Waals surface area (Å²) in [5.74, 6) is -2.86. The molecule has 0 spiro atoms. The molecule has 0 aliphatic rings. The van der Waals surface area contributed by atoms with E-state index in [2.05, 4.69) is 40.2 Å². The van der Waals surface area contributed by atoms with Crippen molar-refractivity contribution in [2.24, 2.45) is 5.92 Å². The molecule has 10 nitrogen and oxygen atoms in total. The predicted octanol–water partition coefficient (Wildman–Crippen LogP) is 11.3. The van der Waals surface area contributed by atoms with Gasteiger partial charge in [-0.25, -0.2) is 4.79 Å². The molecule has 0 heterocycles. The Kier molecular flexibility index (Phi) is 35.9. The van der Waals surface area contributed by atoms with Crippen LogP contribution >= 0.6 is 0 Å². The molecule has 0 rings (SSSR count). The smallest absolute Gasteiger partial charge is 0.330 e. The van der Waals surface area contributed by atoms with E-state index in [0.29, 0.717) is 41.5 Å². The van der Waals surface area contributed by atoms with Crippen molar-refractivity contribution in [2.75, 3.05) is 62.0 Å². The van der Waals surface area contributed by atoms with Crippen LogP contribution in [0.15, 0.2) is 24.3 Å². The van der Waals surface area contributed by atoms with Gasteiger partial charge in [-0.05, 0) is 64.2 Å². The van der Waals surface area contributed by atoms with Crippen LogP contribution in [0.4, 0.5) is 0 Å². The van der Waals surface area contributed by atoms with Gasteiger partial charge >= 0.3 is 17.9 Å². The minimum Gasteiger partial charge on any atom is -0.481 e. The molecule has 352 valence electrons. The number of hydrogen-bond acceptors (Lipinski definition) is 6. The number of carboxylic acids is 2. The number of allylic oxidation sites excluding steroid dienone is 3. The van der Waals surface area contributed by atoms with E-state index in [4.69, 9.17) is 14.6 Å². The van der Waals surface area contributed by atoms with Gasteiger partial charge in [0.1, 0.15) is 19.2 Å². The third-order valence-electron chi connectivity index (χ3n) is 11.1. The van der Waals surface area contributed by atoms with E-state index >= 15 is 0 Å². The maximum absolute atomic E-state index is 12.4. The number of rotatable bonds is 43. The van der Waals surface area contributed by atoms with Crippen molar-refractivity contribution in [3.63, 3.8) is 0 Å².